The summed E-state index contributed by atoms with van der Waals surface area (Å²) in [6.45, 7) is 1.55. The fraction of sp³-hybridized carbons (Fsp3) is 0.333. The molecule has 0 saturated carbocycles. The average Bonchev–Trinajstić information content (AvgIpc) is 2.05. The maximum atomic E-state index is 11.9. The highest BCUT2D eigenvalue weighted by molar-refractivity contribution is 5.85. The van der Waals surface area contributed by atoms with E-state index in [1.165, 1.54) is 12.1 Å². The van der Waals surface area contributed by atoms with Crippen LogP contribution in [0.1, 0.15) is 18.5 Å². The molecule has 1 atom stereocenters. The predicted molar refractivity (Wildman–Crippen MR) is 54.6 cm³/mol. The van der Waals surface area contributed by atoms with E-state index < -0.39 is 23.9 Å². The van der Waals surface area contributed by atoms with Gasteiger partial charge in [-0.1, -0.05) is 12.1 Å². The molecule has 0 radical (unpaired) electrons. The van der Waals surface area contributed by atoms with E-state index in [1.807, 2.05) is 0 Å². The number of aromatic hydroxyl groups is 1. The van der Waals surface area contributed by atoms with Crippen LogP contribution in [0, 0.1) is 0 Å². The summed E-state index contributed by atoms with van der Waals surface area (Å²) in [5.74, 6) is -1.22. The highest BCUT2D eigenvalue weighted by atomic mass is 35.5. The zero-order valence-electron chi connectivity index (χ0n) is 8.28. The Bertz CT molecular complexity index is 355. The molecular formula is C9H11ClF3NO2. The Labute approximate surface area is 96.4 Å². The second-order valence-corrected chi connectivity index (χ2v) is 3.03. The van der Waals surface area contributed by atoms with Crippen LogP contribution in [-0.2, 0) is 0 Å². The molecule has 7 heteroatoms. The van der Waals surface area contributed by atoms with Crippen LogP contribution in [0.3, 0.4) is 0 Å². The topological polar surface area (TPSA) is 55.5 Å². The molecule has 0 aliphatic rings. The minimum atomic E-state index is -4.83. The molecule has 0 spiro atoms. The third kappa shape index (κ3) is 3.79. The van der Waals surface area contributed by atoms with Gasteiger partial charge in [-0.15, -0.1) is 25.6 Å². The van der Waals surface area contributed by atoms with Crippen LogP contribution >= 0.6 is 12.4 Å². The number of benzene rings is 1. The Morgan fingerprint density at radius 3 is 2.38 bits per heavy atom. The third-order valence-electron chi connectivity index (χ3n) is 1.75. The van der Waals surface area contributed by atoms with E-state index >= 15 is 0 Å². The minimum Gasteiger partial charge on any atom is -0.504 e. The molecule has 0 unspecified atom stereocenters. The van der Waals surface area contributed by atoms with Crippen LogP contribution in [0.2, 0.25) is 0 Å². The third-order valence-corrected chi connectivity index (χ3v) is 1.75. The molecule has 92 valence electrons. The fourth-order valence-electron chi connectivity index (χ4n) is 1.11. The van der Waals surface area contributed by atoms with Crippen LogP contribution in [0.15, 0.2) is 18.2 Å². The highest BCUT2D eigenvalue weighted by Gasteiger charge is 2.32. The molecule has 3 N–H and O–H groups in total. The number of phenols is 1. The zero-order chi connectivity index (χ0) is 11.6. The minimum absolute atomic E-state index is 0. The van der Waals surface area contributed by atoms with Crippen LogP contribution in [0.5, 0.6) is 11.5 Å². The first-order valence-electron chi connectivity index (χ1n) is 4.14. The van der Waals surface area contributed by atoms with Crippen molar-refractivity contribution in [2.45, 2.75) is 19.3 Å². The van der Waals surface area contributed by atoms with Gasteiger partial charge in [0.05, 0.1) is 0 Å². The van der Waals surface area contributed by atoms with Gasteiger partial charge < -0.3 is 15.6 Å². The molecule has 0 aliphatic heterocycles. The number of halogens is 4. The number of ether oxygens (including phenoxy) is 1. The second kappa shape index (κ2) is 5.27. The van der Waals surface area contributed by atoms with E-state index in [0.29, 0.717) is 0 Å². The first-order chi connectivity index (χ1) is 6.81. The van der Waals surface area contributed by atoms with Crippen molar-refractivity contribution in [1.29, 1.82) is 0 Å². The largest absolute Gasteiger partial charge is 0.573 e. The smallest absolute Gasteiger partial charge is 0.504 e. The van der Waals surface area contributed by atoms with Gasteiger partial charge in [0.2, 0.25) is 0 Å². The standard InChI is InChI=1S/C9H10F3NO2.ClH/c1-5(13)6-3-2-4-7(8(6)14)15-9(10,11)12;/h2-5,14H,13H2,1H3;1H/t5-;/m1./s1. The van der Waals surface area contributed by atoms with E-state index in [-0.39, 0.29) is 18.0 Å². The maximum Gasteiger partial charge on any atom is 0.573 e. The van der Waals surface area contributed by atoms with Gasteiger partial charge in [-0.2, -0.15) is 0 Å². The Kier molecular flexibility index (Phi) is 4.89. The van der Waals surface area contributed by atoms with Gasteiger partial charge in [0.15, 0.2) is 11.5 Å². The molecular weight excluding hydrogens is 247 g/mol. The van der Waals surface area contributed by atoms with Crippen molar-refractivity contribution in [2.24, 2.45) is 5.73 Å². The van der Waals surface area contributed by atoms with Crippen LogP contribution < -0.4 is 10.5 Å². The number of nitrogens with two attached hydrogens (primary N) is 1. The van der Waals surface area contributed by atoms with Crippen LogP contribution in [-0.4, -0.2) is 11.5 Å². The summed E-state index contributed by atoms with van der Waals surface area (Å²) >= 11 is 0. The van der Waals surface area contributed by atoms with Crippen molar-refractivity contribution in [1.82, 2.24) is 0 Å². The molecule has 0 saturated heterocycles. The van der Waals surface area contributed by atoms with Gasteiger partial charge >= 0.3 is 6.36 Å². The van der Waals surface area contributed by atoms with Gasteiger partial charge in [0.1, 0.15) is 0 Å². The lowest BCUT2D eigenvalue weighted by molar-refractivity contribution is -0.275. The summed E-state index contributed by atoms with van der Waals surface area (Å²) in [6.07, 6.45) is -4.83. The Hall–Kier alpha value is -1.14. The predicted octanol–water partition coefficient (Wildman–Crippen LogP) is 2.73. The fourth-order valence-corrected chi connectivity index (χ4v) is 1.11. The molecule has 3 nitrogen and oxygen atoms in total. The molecule has 0 heterocycles. The molecule has 0 fully saturated rings. The quantitative estimate of drug-likeness (QED) is 0.857. The summed E-state index contributed by atoms with van der Waals surface area (Å²) in [6, 6.07) is 3.22. The molecule has 1 aromatic rings. The zero-order valence-corrected chi connectivity index (χ0v) is 9.10. The van der Waals surface area contributed by atoms with Crippen molar-refractivity contribution >= 4 is 12.4 Å². The molecule has 1 rings (SSSR count). The summed E-state index contributed by atoms with van der Waals surface area (Å²) in [4.78, 5) is 0. The monoisotopic (exact) mass is 257 g/mol. The number of alkyl halides is 3. The Balaban J connectivity index is 0.00000225. The van der Waals surface area contributed by atoms with Gasteiger partial charge in [0.25, 0.3) is 0 Å². The van der Waals surface area contributed by atoms with Gasteiger partial charge in [-0.25, -0.2) is 0 Å². The van der Waals surface area contributed by atoms with Crippen molar-refractivity contribution in [2.75, 3.05) is 0 Å². The Morgan fingerprint density at radius 2 is 1.94 bits per heavy atom. The first kappa shape index (κ1) is 14.9. The molecule has 0 aromatic heterocycles. The normalized spacial score (nSPS) is 12.8. The van der Waals surface area contributed by atoms with E-state index in [0.717, 1.165) is 6.07 Å². The Morgan fingerprint density at radius 1 is 1.38 bits per heavy atom. The summed E-state index contributed by atoms with van der Waals surface area (Å²) in [7, 11) is 0. The highest BCUT2D eigenvalue weighted by Crippen LogP contribution is 2.35. The van der Waals surface area contributed by atoms with Crippen molar-refractivity contribution in [3.05, 3.63) is 23.8 Å². The van der Waals surface area contributed by atoms with Gasteiger partial charge in [0, 0.05) is 11.6 Å². The second-order valence-electron chi connectivity index (χ2n) is 3.03. The molecule has 1 aromatic carbocycles. The van der Waals surface area contributed by atoms with Gasteiger partial charge in [-0.05, 0) is 13.0 Å². The van der Waals surface area contributed by atoms with E-state index in [4.69, 9.17) is 5.73 Å². The maximum absolute atomic E-state index is 11.9. The van der Waals surface area contributed by atoms with E-state index in [9.17, 15) is 18.3 Å². The van der Waals surface area contributed by atoms with Crippen molar-refractivity contribution in [3.8, 4) is 11.5 Å². The molecule has 0 aliphatic carbocycles. The summed E-state index contributed by atoms with van der Waals surface area (Å²) in [5, 5.41) is 9.42. The average molecular weight is 258 g/mol. The molecule has 0 bridgehead atoms. The first-order valence-corrected chi connectivity index (χ1v) is 4.14. The summed E-state index contributed by atoms with van der Waals surface area (Å²) < 4.78 is 39.3. The van der Waals surface area contributed by atoms with Crippen LogP contribution in [0.4, 0.5) is 13.2 Å². The number of rotatable bonds is 2. The lowest BCUT2D eigenvalue weighted by Gasteiger charge is -2.14. The van der Waals surface area contributed by atoms with E-state index in [1.54, 1.807) is 6.92 Å². The molecule has 16 heavy (non-hydrogen) atoms. The number of phenolic OH excluding ortho intramolecular Hbond substituents is 1. The van der Waals surface area contributed by atoms with Crippen LogP contribution in [0.25, 0.3) is 0 Å². The number of para-hydroxylation sites is 1. The number of hydrogen-bond donors (Lipinski definition) is 2. The lowest BCUT2D eigenvalue weighted by Crippen LogP contribution is -2.17. The van der Waals surface area contributed by atoms with Gasteiger partial charge in [-0.3, -0.25) is 0 Å². The lowest BCUT2D eigenvalue weighted by atomic mass is 10.1. The SMILES string of the molecule is C[C@@H](N)c1cccc(OC(F)(F)F)c1O.Cl. The molecule has 0 amide bonds. The van der Waals surface area contributed by atoms with E-state index in [2.05, 4.69) is 4.74 Å². The summed E-state index contributed by atoms with van der Waals surface area (Å²) in [5.41, 5.74) is 5.66. The van der Waals surface area contributed by atoms with Crippen molar-refractivity contribution in [3.63, 3.8) is 0 Å². The number of hydrogen-bond acceptors (Lipinski definition) is 3. The van der Waals surface area contributed by atoms with Crippen molar-refractivity contribution < 1.29 is 23.0 Å².